The Hall–Kier alpha value is -3.67. The molecule has 134 valence electrons. The number of fused-ring (bicyclic) bond motifs is 1. The molecule has 3 aromatic rings. The Morgan fingerprint density at radius 1 is 1.07 bits per heavy atom. The van der Waals surface area contributed by atoms with Crippen LogP contribution >= 0.6 is 0 Å². The van der Waals surface area contributed by atoms with E-state index < -0.39 is 0 Å². The molecule has 0 bridgehead atoms. The van der Waals surface area contributed by atoms with Crippen molar-refractivity contribution in [2.24, 2.45) is 4.99 Å². The summed E-state index contributed by atoms with van der Waals surface area (Å²) in [4.78, 5) is 28.3. The Balaban J connectivity index is 1.64. The van der Waals surface area contributed by atoms with Crippen LogP contribution in [0.1, 0.15) is 15.9 Å². The lowest BCUT2D eigenvalue weighted by Gasteiger charge is -2.17. The number of carbonyl (C=O) groups is 2. The highest BCUT2D eigenvalue weighted by Gasteiger charge is 2.17. The van der Waals surface area contributed by atoms with Gasteiger partial charge in [-0.05, 0) is 35.9 Å². The lowest BCUT2D eigenvalue weighted by atomic mass is 10.1. The minimum atomic E-state index is -0.369. The minimum Gasteiger partial charge on any atom is -0.482 e. The van der Waals surface area contributed by atoms with Gasteiger partial charge in [-0.15, -0.1) is 0 Å². The van der Waals surface area contributed by atoms with Gasteiger partial charge < -0.3 is 14.6 Å². The first kappa shape index (κ1) is 16.8. The molecule has 0 radical (unpaired) electrons. The summed E-state index contributed by atoms with van der Waals surface area (Å²) in [6, 6.07) is 20.4. The fourth-order valence-corrected chi connectivity index (χ4v) is 2.86. The van der Waals surface area contributed by atoms with Crippen LogP contribution in [-0.4, -0.2) is 23.0 Å². The molecule has 1 aliphatic rings. The first-order chi connectivity index (χ1) is 13.2. The summed E-state index contributed by atoms with van der Waals surface area (Å²) in [5.74, 6) is -0.107. The fourth-order valence-electron chi connectivity index (χ4n) is 2.86. The highest BCUT2D eigenvalue weighted by Crippen LogP contribution is 2.28. The lowest BCUT2D eigenvalue weighted by Crippen LogP contribution is -2.25. The number of carbonyl (C=O) groups excluding carboxylic acids is 2. The van der Waals surface area contributed by atoms with Gasteiger partial charge in [0.05, 0.1) is 5.69 Å². The SMILES string of the molecule is O=C1COc2cc(C(=O)N=c3ccccn3Cc3ccccc3)ccc2N1. The normalized spacial score (nSPS) is 13.5. The molecule has 1 aromatic heterocycles. The molecule has 0 atom stereocenters. The summed E-state index contributed by atoms with van der Waals surface area (Å²) in [6.07, 6.45) is 1.89. The van der Waals surface area contributed by atoms with Gasteiger partial charge in [-0.1, -0.05) is 36.4 Å². The zero-order chi connectivity index (χ0) is 18.6. The Bertz CT molecular complexity index is 1070. The number of nitrogens with one attached hydrogen (secondary N) is 1. The first-order valence-electron chi connectivity index (χ1n) is 8.54. The number of hydrogen-bond donors (Lipinski definition) is 1. The summed E-state index contributed by atoms with van der Waals surface area (Å²) in [6.45, 7) is 0.560. The molecule has 0 unspecified atom stereocenters. The Morgan fingerprint density at radius 3 is 2.74 bits per heavy atom. The number of amides is 2. The Kier molecular flexibility index (Phi) is 4.53. The van der Waals surface area contributed by atoms with Crippen LogP contribution < -0.4 is 15.5 Å². The van der Waals surface area contributed by atoms with Crippen molar-refractivity contribution in [3.8, 4) is 5.75 Å². The molecule has 2 heterocycles. The number of pyridine rings is 1. The second-order valence-corrected chi connectivity index (χ2v) is 6.14. The maximum atomic E-state index is 12.6. The molecule has 2 amide bonds. The highest BCUT2D eigenvalue weighted by molar-refractivity contribution is 5.99. The molecule has 0 saturated heterocycles. The molecular weight excluding hydrogens is 342 g/mol. The Morgan fingerprint density at radius 2 is 1.89 bits per heavy atom. The van der Waals surface area contributed by atoms with Gasteiger partial charge in [-0.25, -0.2) is 0 Å². The molecule has 6 heteroatoms. The highest BCUT2D eigenvalue weighted by atomic mass is 16.5. The third-order valence-corrected chi connectivity index (χ3v) is 4.19. The quantitative estimate of drug-likeness (QED) is 0.781. The maximum absolute atomic E-state index is 12.6. The van der Waals surface area contributed by atoms with E-state index in [1.165, 1.54) is 0 Å². The molecule has 1 N–H and O–H groups in total. The number of anilines is 1. The molecule has 27 heavy (non-hydrogen) atoms. The molecule has 0 fully saturated rings. The molecular formula is C21H17N3O3. The molecule has 2 aromatic carbocycles. The van der Waals surface area contributed by atoms with E-state index in [0.29, 0.717) is 29.0 Å². The fraction of sp³-hybridized carbons (Fsp3) is 0.0952. The van der Waals surface area contributed by atoms with Crippen LogP contribution in [-0.2, 0) is 11.3 Å². The summed E-state index contributed by atoms with van der Waals surface area (Å²) in [5, 5.41) is 2.70. The van der Waals surface area contributed by atoms with Crippen LogP contribution in [0.2, 0.25) is 0 Å². The van der Waals surface area contributed by atoms with Crippen molar-refractivity contribution in [3.63, 3.8) is 0 Å². The predicted octanol–water partition coefficient (Wildman–Crippen LogP) is 2.61. The van der Waals surface area contributed by atoms with Gasteiger partial charge in [0.2, 0.25) is 0 Å². The van der Waals surface area contributed by atoms with Crippen LogP contribution in [0.25, 0.3) is 0 Å². The minimum absolute atomic E-state index is 0.0580. The van der Waals surface area contributed by atoms with E-state index in [9.17, 15) is 9.59 Å². The second-order valence-electron chi connectivity index (χ2n) is 6.14. The average Bonchev–Trinajstić information content (AvgIpc) is 2.70. The monoisotopic (exact) mass is 359 g/mol. The summed E-state index contributed by atoms with van der Waals surface area (Å²) in [7, 11) is 0. The maximum Gasteiger partial charge on any atom is 0.279 e. The van der Waals surface area contributed by atoms with E-state index in [1.807, 2.05) is 53.2 Å². The summed E-state index contributed by atoms with van der Waals surface area (Å²) in [5.41, 5.74) is 2.65. The second kappa shape index (κ2) is 7.29. The largest absolute Gasteiger partial charge is 0.482 e. The zero-order valence-electron chi connectivity index (χ0n) is 14.5. The van der Waals surface area contributed by atoms with Gasteiger partial charge in [-0.2, -0.15) is 4.99 Å². The van der Waals surface area contributed by atoms with Gasteiger partial charge in [0, 0.05) is 18.3 Å². The van der Waals surface area contributed by atoms with Crippen LogP contribution in [0.5, 0.6) is 5.75 Å². The number of nitrogens with zero attached hydrogens (tertiary/aromatic N) is 2. The van der Waals surface area contributed by atoms with Crippen molar-refractivity contribution >= 4 is 17.5 Å². The van der Waals surface area contributed by atoms with Crippen LogP contribution in [0.15, 0.2) is 77.9 Å². The predicted molar refractivity (Wildman–Crippen MR) is 100 cm³/mol. The number of ether oxygens (including phenoxy) is 1. The van der Waals surface area contributed by atoms with Crippen molar-refractivity contribution in [1.29, 1.82) is 0 Å². The van der Waals surface area contributed by atoms with Gasteiger partial charge in [0.1, 0.15) is 11.2 Å². The standard InChI is InChI=1S/C21H17N3O3/c25-20-14-27-18-12-16(9-10-17(18)22-20)21(26)23-19-8-4-5-11-24(19)13-15-6-2-1-3-7-15/h1-12H,13-14H2,(H,22,25). The smallest absolute Gasteiger partial charge is 0.279 e. The van der Waals surface area contributed by atoms with Crippen LogP contribution in [0, 0.1) is 0 Å². The lowest BCUT2D eigenvalue weighted by molar-refractivity contribution is -0.118. The molecule has 0 spiro atoms. The van der Waals surface area contributed by atoms with E-state index in [4.69, 9.17) is 4.74 Å². The summed E-state index contributed by atoms with van der Waals surface area (Å²) < 4.78 is 7.29. The van der Waals surface area contributed by atoms with Crippen molar-refractivity contribution < 1.29 is 14.3 Å². The van der Waals surface area contributed by atoms with Crippen LogP contribution in [0.3, 0.4) is 0 Å². The van der Waals surface area contributed by atoms with Crippen molar-refractivity contribution in [3.05, 3.63) is 89.5 Å². The Labute approximate surface area is 155 Å². The van der Waals surface area contributed by atoms with Gasteiger partial charge in [0.15, 0.2) is 6.61 Å². The van der Waals surface area contributed by atoms with E-state index in [0.717, 1.165) is 5.56 Å². The number of aromatic nitrogens is 1. The van der Waals surface area contributed by atoms with E-state index in [1.54, 1.807) is 24.3 Å². The zero-order valence-corrected chi connectivity index (χ0v) is 14.5. The molecule has 4 rings (SSSR count). The molecule has 0 saturated carbocycles. The van der Waals surface area contributed by atoms with E-state index in [2.05, 4.69) is 10.3 Å². The van der Waals surface area contributed by atoms with Gasteiger partial charge >= 0.3 is 0 Å². The van der Waals surface area contributed by atoms with Crippen LogP contribution in [0.4, 0.5) is 5.69 Å². The molecule has 6 nitrogen and oxygen atoms in total. The third kappa shape index (κ3) is 3.79. The third-order valence-electron chi connectivity index (χ3n) is 4.19. The van der Waals surface area contributed by atoms with Gasteiger partial charge in [-0.3, -0.25) is 9.59 Å². The number of rotatable bonds is 3. The van der Waals surface area contributed by atoms with E-state index in [-0.39, 0.29) is 18.4 Å². The summed E-state index contributed by atoms with van der Waals surface area (Å²) >= 11 is 0. The number of hydrogen-bond acceptors (Lipinski definition) is 3. The van der Waals surface area contributed by atoms with Crippen molar-refractivity contribution in [2.75, 3.05) is 11.9 Å². The van der Waals surface area contributed by atoms with Crippen molar-refractivity contribution in [1.82, 2.24) is 4.57 Å². The van der Waals surface area contributed by atoms with E-state index >= 15 is 0 Å². The van der Waals surface area contributed by atoms with Gasteiger partial charge in [0.25, 0.3) is 11.8 Å². The number of benzene rings is 2. The average molecular weight is 359 g/mol. The first-order valence-corrected chi connectivity index (χ1v) is 8.54. The molecule has 1 aliphatic heterocycles. The molecule has 0 aliphatic carbocycles. The van der Waals surface area contributed by atoms with Crippen molar-refractivity contribution in [2.45, 2.75) is 6.54 Å². The topological polar surface area (TPSA) is 72.7 Å².